The third-order valence-electron chi connectivity index (χ3n) is 4.30. The molecule has 1 atom stereocenters. The van der Waals surface area contributed by atoms with E-state index in [1.807, 2.05) is 48.5 Å². The van der Waals surface area contributed by atoms with Gasteiger partial charge in [-0.15, -0.1) is 11.8 Å². The normalized spacial score (nSPS) is 11.6. The molecule has 0 unspecified atom stereocenters. The molecule has 0 heterocycles. The van der Waals surface area contributed by atoms with Gasteiger partial charge in [0.1, 0.15) is 11.8 Å². The predicted octanol–water partition coefficient (Wildman–Crippen LogP) is 3.99. The maximum Gasteiger partial charge on any atom is 0.242 e. The molecule has 0 fully saturated rings. The van der Waals surface area contributed by atoms with Gasteiger partial charge in [-0.2, -0.15) is 0 Å². The van der Waals surface area contributed by atoms with E-state index in [1.54, 1.807) is 37.7 Å². The molecule has 150 valence electrons. The molecule has 0 aliphatic carbocycles. The molecule has 7 heteroatoms. The molecule has 0 aliphatic rings. The topological polar surface area (TPSA) is 58.6 Å². The number of carbonyl (C=O) groups is 2. The van der Waals surface area contributed by atoms with E-state index in [1.165, 1.54) is 0 Å². The van der Waals surface area contributed by atoms with Gasteiger partial charge in [-0.05, 0) is 48.9 Å². The minimum Gasteiger partial charge on any atom is -0.497 e. The number of ether oxygens (including phenoxy) is 1. The summed E-state index contributed by atoms with van der Waals surface area (Å²) in [5, 5.41) is 3.30. The van der Waals surface area contributed by atoms with Crippen LogP contribution in [0, 0.1) is 0 Å². The maximum absolute atomic E-state index is 12.9. The average molecular weight is 421 g/mol. The van der Waals surface area contributed by atoms with Crippen LogP contribution in [-0.2, 0) is 16.1 Å². The number of rotatable bonds is 9. The minimum atomic E-state index is -0.566. The standard InChI is InChI=1S/C21H25ClN2O3S/c1-15(21(26)23-2)24(14-16-5-4-6-18(13-16)27-3)20(25)11-12-28-19-9-7-17(22)8-10-19/h4-10,13,15H,11-12,14H2,1-3H3,(H,23,26)/t15-/m0/s1. The van der Waals surface area contributed by atoms with Gasteiger partial charge in [-0.3, -0.25) is 9.59 Å². The molecule has 0 aliphatic heterocycles. The Morgan fingerprint density at radius 1 is 1.21 bits per heavy atom. The Kier molecular flexibility index (Phi) is 8.67. The van der Waals surface area contributed by atoms with E-state index >= 15 is 0 Å². The molecule has 2 rings (SSSR count). The molecule has 28 heavy (non-hydrogen) atoms. The third-order valence-corrected chi connectivity index (χ3v) is 5.56. The number of hydrogen-bond acceptors (Lipinski definition) is 4. The van der Waals surface area contributed by atoms with Crippen LogP contribution in [0.1, 0.15) is 18.9 Å². The van der Waals surface area contributed by atoms with Crippen LogP contribution in [0.15, 0.2) is 53.4 Å². The van der Waals surface area contributed by atoms with E-state index in [0.717, 1.165) is 16.2 Å². The number of benzene rings is 2. The van der Waals surface area contributed by atoms with Crippen molar-refractivity contribution in [2.24, 2.45) is 0 Å². The summed E-state index contributed by atoms with van der Waals surface area (Å²) in [7, 11) is 3.17. The SMILES string of the molecule is CNC(=O)[C@H](C)N(Cc1cccc(OC)c1)C(=O)CCSc1ccc(Cl)cc1. The zero-order valence-electron chi connectivity index (χ0n) is 16.3. The summed E-state index contributed by atoms with van der Waals surface area (Å²) in [6, 6.07) is 14.5. The molecule has 0 saturated carbocycles. The molecule has 0 bridgehead atoms. The van der Waals surface area contributed by atoms with Crippen LogP contribution < -0.4 is 10.1 Å². The molecule has 0 aromatic heterocycles. The predicted molar refractivity (Wildman–Crippen MR) is 114 cm³/mol. The molecule has 1 N–H and O–H groups in total. The molecule has 0 spiro atoms. The van der Waals surface area contributed by atoms with Gasteiger partial charge in [0.2, 0.25) is 11.8 Å². The Hall–Kier alpha value is -2.18. The van der Waals surface area contributed by atoms with Gasteiger partial charge in [0.05, 0.1) is 7.11 Å². The summed E-state index contributed by atoms with van der Waals surface area (Å²) in [5.41, 5.74) is 0.911. The van der Waals surface area contributed by atoms with Gasteiger partial charge < -0.3 is 15.0 Å². The lowest BCUT2D eigenvalue weighted by molar-refractivity contribution is -0.140. The lowest BCUT2D eigenvalue weighted by Crippen LogP contribution is -2.46. The highest BCUT2D eigenvalue weighted by atomic mass is 35.5. The van der Waals surface area contributed by atoms with Crippen LogP contribution in [0.5, 0.6) is 5.75 Å². The number of thioether (sulfide) groups is 1. The molecular weight excluding hydrogens is 396 g/mol. The van der Waals surface area contributed by atoms with Crippen molar-refractivity contribution in [3.63, 3.8) is 0 Å². The number of amides is 2. The zero-order chi connectivity index (χ0) is 20.5. The number of likely N-dealkylation sites (N-methyl/N-ethyl adjacent to an activating group) is 1. The second-order valence-corrected chi connectivity index (χ2v) is 7.82. The van der Waals surface area contributed by atoms with Gasteiger partial charge in [-0.25, -0.2) is 0 Å². The van der Waals surface area contributed by atoms with Crippen molar-refractivity contribution in [3.05, 3.63) is 59.1 Å². The highest BCUT2D eigenvalue weighted by Gasteiger charge is 2.25. The molecule has 2 amide bonds. The first-order valence-electron chi connectivity index (χ1n) is 8.97. The van der Waals surface area contributed by atoms with E-state index in [-0.39, 0.29) is 11.8 Å². The van der Waals surface area contributed by atoms with Crippen molar-refractivity contribution in [3.8, 4) is 5.75 Å². The van der Waals surface area contributed by atoms with E-state index < -0.39 is 6.04 Å². The van der Waals surface area contributed by atoms with Crippen LogP contribution in [0.3, 0.4) is 0 Å². The lowest BCUT2D eigenvalue weighted by Gasteiger charge is -2.28. The summed E-state index contributed by atoms with van der Waals surface area (Å²) in [6.07, 6.45) is 0.332. The van der Waals surface area contributed by atoms with Gasteiger partial charge in [0.15, 0.2) is 0 Å². The first kappa shape index (κ1) is 22.1. The van der Waals surface area contributed by atoms with Crippen LogP contribution in [0.2, 0.25) is 5.02 Å². The van der Waals surface area contributed by atoms with E-state index in [4.69, 9.17) is 16.3 Å². The summed E-state index contributed by atoms with van der Waals surface area (Å²) in [5.74, 6) is 1.08. The molecular formula is C21H25ClN2O3S. The fourth-order valence-electron chi connectivity index (χ4n) is 2.69. The highest BCUT2D eigenvalue weighted by Crippen LogP contribution is 2.22. The van der Waals surface area contributed by atoms with Crippen LogP contribution in [-0.4, -0.2) is 42.7 Å². The third kappa shape index (κ3) is 6.46. The Labute approximate surface area is 175 Å². The summed E-state index contributed by atoms with van der Waals surface area (Å²) in [4.78, 5) is 27.7. The zero-order valence-corrected chi connectivity index (χ0v) is 17.8. The number of halogens is 1. The fourth-order valence-corrected chi connectivity index (χ4v) is 3.66. The average Bonchev–Trinajstić information content (AvgIpc) is 2.72. The van der Waals surface area contributed by atoms with Crippen LogP contribution >= 0.6 is 23.4 Å². The molecule has 0 saturated heterocycles. The number of nitrogens with one attached hydrogen (secondary N) is 1. The van der Waals surface area contributed by atoms with Crippen LogP contribution in [0.25, 0.3) is 0 Å². The quantitative estimate of drug-likeness (QED) is 0.623. The smallest absolute Gasteiger partial charge is 0.242 e. The minimum absolute atomic E-state index is 0.0691. The van der Waals surface area contributed by atoms with Crippen molar-refractivity contribution in [2.45, 2.75) is 30.8 Å². The van der Waals surface area contributed by atoms with Gasteiger partial charge in [0.25, 0.3) is 0 Å². The molecule has 5 nitrogen and oxygen atoms in total. The van der Waals surface area contributed by atoms with Gasteiger partial charge >= 0.3 is 0 Å². The maximum atomic E-state index is 12.9. The fraction of sp³-hybridized carbons (Fsp3) is 0.333. The highest BCUT2D eigenvalue weighted by molar-refractivity contribution is 7.99. The molecule has 0 radical (unpaired) electrons. The number of methoxy groups -OCH3 is 1. The number of carbonyl (C=O) groups excluding carboxylic acids is 2. The van der Waals surface area contributed by atoms with Crippen molar-refractivity contribution >= 4 is 35.2 Å². The Bertz CT molecular complexity index is 798. The summed E-state index contributed by atoms with van der Waals surface area (Å²) in [6.45, 7) is 2.08. The van der Waals surface area contributed by atoms with E-state index in [9.17, 15) is 9.59 Å². The summed E-state index contributed by atoms with van der Waals surface area (Å²) < 4.78 is 5.25. The second-order valence-electron chi connectivity index (χ2n) is 6.22. The van der Waals surface area contributed by atoms with Crippen molar-refractivity contribution < 1.29 is 14.3 Å². The van der Waals surface area contributed by atoms with E-state index in [0.29, 0.717) is 23.7 Å². The van der Waals surface area contributed by atoms with Crippen molar-refractivity contribution in [1.82, 2.24) is 10.2 Å². The largest absolute Gasteiger partial charge is 0.497 e. The number of nitrogens with zero attached hydrogens (tertiary/aromatic N) is 1. The molecule has 2 aromatic rings. The van der Waals surface area contributed by atoms with Crippen molar-refractivity contribution in [1.29, 1.82) is 0 Å². The second kappa shape index (κ2) is 11.0. The Balaban J connectivity index is 2.05. The Morgan fingerprint density at radius 3 is 2.57 bits per heavy atom. The summed E-state index contributed by atoms with van der Waals surface area (Å²) >= 11 is 7.48. The van der Waals surface area contributed by atoms with Gasteiger partial charge in [0, 0.05) is 35.7 Å². The first-order valence-corrected chi connectivity index (χ1v) is 10.3. The van der Waals surface area contributed by atoms with Crippen LogP contribution in [0.4, 0.5) is 0 Å². The number of hydrogen-bond donors (Lipinski definition) is 1. The monoisotopic (exact) mass is 420 g/mol. The molecule has 2 aromatic carbocycles. The first-order chi connectivity index (χ1) is 13.4. The Morgan fingerprint density at radius 2 is 1.93 bits per heavy atom. The lowest BCUT2D eigenvalue weighted by atomic mass is 10.1. The van der Waals surface area contributed by atoms with Crippen molar-refractivity contribution in [2.75, 3.05) is 19.9 Å². The van der Waals surface area contributed by atoms with Gasteiger partial charge in [-0.1, -0.05) is 23.7 Å². The van der Waals surface area contributed by atoms with E-state index in [2.05, 4.69) is 5.32 Å².